The van der Waals surface area contributed by atoms with Gasteiger partial charge in [0, 0.05) is 29.5 Å². The van der Waals surface area contributed by atoms with Crippen molar-refractivity contribution in [2.24, 2.45) is 0 Å². The fourth-order valence-electron chi connectivity index (χ4n) is 3.45. The van der Waals surface area contributed by atoms with Gasteiger partial charge in [0.2, 0.25) is 0 Å². The average molecular weight is 395 g/mol. The van der Waals surface area contributed by atoms with Crippen LogP contribution < -0.4 is 0 Å². The zero-order chi connectivity index (χ0) is 19.2. The third-order valence-electron chi connectivity index (χ3n) is 4.99. The predicted octanol–water partition coefficient (Wildman–Crippen LogP) is 4.73. The lowest BCUT2D eigenvalue weighted by Crippen LogP contribution is -2.37. The fraction of sp³-hybridized carbons (Fsp3) is 0.348. The van der Waals surface area contributed by atoms with Crippen molar-refractivity contribution in [2.45, 2.75) is 43.1 Å². The summed E-state index contributed by atoms with van der Waals surface area (Å²) >= 11 is 1.83. The maximum Gasteiger partial charge on any atom is 0.187 e. The van der Waals surface area contributed by atoms with Gasteiger partial charge in [0.1, 0.15) is 0 Å². The van der Waals surface area contributed by atoms with Gasteiger partial charge < -0.3 is 14.0 Å². The summed E-state index contributed by atoms with van der Waals surface area (Å²) in [4.78, 5) is 5.43. The molecule has 4 rings (SSSR count). The number of hydrogen-bond donors (Lipinski definition) is 0. The number of hydrogen-bond acceptors (Lipinski definition) is 4. The van der Waals surface area contributed by atoms with E-state index in [4.69, 9.17) is 9.47 Å². The number of aromatic nitrogens is 2. The maximum atomic E-state index is 6.50. The molecule has 0 bridgehead atoms. The number of thioether (sulfide) groups is 1. The van der Waals surface area contributed by atoms with E-state index < -0.39 is 5.79 Å². The Labute approximate surface area is 170 Å². The highest BCUT2D eigenvalue weighted by molar-refractivity contribution is 7.99. The molecule has 2 aromatic carbocycles. The second kappa shape index (κ2) is 8.95. The topological polar surface area (TPSA) is 36.3 Å². The summed E-state index contributed by atoms with van der Waals surface area (Å²) in [5.74, 6) is 0.287. The fourth-order valence-corrected chi connectivity index (χ4v) is 4.32. The van der Waals surface area contributed by atoms with Crippen LogP contribution in [0.2, 0.25) is 0 Å². The number of imidazole rings is 1. The van der Waals surface area contributed by atoms with Crippen LogP contribution >= 0.6 is 11.8 Å². The Morgan fingerprint density at radius 1 is 1.14 bits per heavy atom. The first-order chi connectivity index (χ1) is 13.7. The Hall–Kier alpha value is -2.08. The molecule has 0 aliphatic carbocycles. The lowest BCUT2D eigenvalue weighted by Gasteiger charge is -2.28. The minimum atomic E-state index is -0.602. The second-order valence-electron chi connectivity index (χ2n) is 7.31. The van der Waals surface area contributed by atoms with Crippen molar-refractivity contribution >= 4 is 11.8 Å². The quantitative estimate of drug-likeness (QED) is 0.518. The van der Waals surface area contributed by atoms with E-state index in [9.17, 15) is 0 Å². The van der Waals surface area contributed by atoms with Crippen LogP contribution in [0.1, 0.15) is 17.5 Å². The van der Waals surface area contributed by atoms with Gasteiger partial charge in [0.25, 0.3) is 0 Å². The van der Waals surface area contributed by atoms with Gasteiger partial charge in [-0.3, -0.25) is 0 Å². The average Bonchev–Trinajstić information content (AvgIpc) is 3.38. The molecular weight excluding hydrogens is 368 g/mol. The molecule has 4 nitrogen and oxygen atoms in total. The molecule has 2 unspecified atom stereocenters. The molecule has 1 saturated heterocycles. The molecule has 1 fully saturated rings. The molecule has 146 valence electrons. The summed E-state index contributed by atoms with van der Waals surface area (Å²) in [6, 6.07) is 19.2. The third-order valence-corrected chi connectivity index (χ3v) is 6.13. The van der Waals surface area contributed by atoms with E-state index in [1.54, 1.807) is 6.20 Å². The predicted molar refractivity (Wildman–Crippen MR) is 112 cm³/mol. The van der Waals surface area contributed by atoms with Crippen LogP contribution in [0.25, 0.3) is 0 Å². The molecule has 2 atom stereocenters. The van der Waals surface area contributed by atoms with Crippen molar-refractivity contribution in [1.82, 2.24) is 9.55 Å². The van der Waals surface area contributed by atoms with Gasteiger partial charge in [-0.15, -0.1) is 11.8 Å². The molecule has 0 radical (unpaired) electrons. The highest BCUT2D eigenvalue weighted by Crippen LogP contribution is 2.33. The molecule has 1 aromatic heterocycles. The van der Waals surface area contributed by atoms with Crippen molar-refractivity contribution in [3.05, 3.63) is 84.4 Å². The van der Waals surface area contributed by atoms with Gasteiger partial charge in [-0.2, -0.15) is 0 Å². The SMILES string of the molecule is Cc1ccc(SCC2COC(CCc3ccccc3)(Cn3ccnc3)O2)cc1. The zero-order valence-corrected chi connectivity index (χ0v) is 17.0. The van der Waals surface area contributed by atoms with Crippen molar-refractivity contribution in [1.29, 1.82) is 0 Å². The van der Waals surface area contributed by atoms with Gasteiger partial charge in [0.05, 0.1) is 25.6 Å². The van der Waals surface area contributed by atoms with Crippen LogP contribution in [0.15, 0.2) is 78.2 Å². The number of benzene rings is 2. The normalized spacial score (nSPS) is 21.8. The van der Waals surface area contributed by atoms with Crippen LogP contribution in [-0.4, -0.2) is 33.8 Å². The van der Waals surface area contributed by atoms with Gasteiger partial charge in [-0.25, -0.2) is 4.98 Å². The molecule has 1 aliphatic rings. The highest BCUT2D eigenvalue weighted by Gasteiger charge is 2.41. The van der Waals surface area contributed by atoms with E-state index in [0.717, 1.165) is 18.6 Å². The Morgan fingerprint density at radius 2 is 1.96 bits per heavy atom. The number of nitrogens with zero attached hydrogens (tertiary/aromatic N) is 2. The second-order valence-corrected chi connectivity index (χ2v) is 8.40. The lowest BCUT2D eigenvalue weighted by atomic mass is 10.0. The molecule has 2 heterocycles. The first kappa shape index (κ1) is 19.2. The van der Waals surface area contributed by atoms with Crippen LogP contribution in [0.5, 0.6) is 0 Å². The standard InChI is InChI=1S/C23H26N2O2S/c1-19-7-9-22(10-8-19)28-16-21-15-26-23(27-21,17-25-14-13-24-18-25)12-11-20-5-3-2-4-6-20/h2-10,13-14,18,21H,11-12,15-17H2,1H3. The summed E-state index contributed by atoms with van der Waals surface area (Å²) in [6.07, 6.45) is 7.42. The van der Waals surface area contributed by atoms with E-state index in [2.05, 4.69) is 60.4 Å². The van der Waals surface area contributed by atoms with Crippen LogP contribution in [0.3, 0.4) is 0 Å². The molecule has 0 saturated carbocycles. The van der Waals surface area contributed by atoms with Crippen molar-refractivity contribution in [3.8, 4) is 0 Å². The zero-order valence-electron chi connectivity index (χ0n) is 16.2. The van der Waals surface area contributed by atoms with Gasteiger partial charge in [-0.1, -0.05) is 48.0 Å². The largest absolute Gasteiger partial charge is 0.345 e. The smallest absolute Gasteiger partial charge is 0.187 e. The monoisotopic (exact) mass is 394 g/mol. The number of aryl methyl sites for hydroxylation is 2. The molecule has 3 aromatic rings. The van der Waals surface area contributed by atoms with E-state index in [1.165, 1.54) is 16.0 Å². The summed E-state index contributed by atoms with van der Waals surface area (Å²) in [6.45, 7) is 3.40. The van der Waals surface area contributed by atoms with Gasteiger partial charge in [0.15, 0.2) is 5.79 Å². The molecule has 28 heavy (non-hydrogen) atoms. The molecule has 0 N–H and O–H groups in total. The first-order valence-corrected chi connectivity index (χ1v) is 10.7. The molecule has 5 heteroatoms. The van der Waals surface area contributed by atoms with Crippen LogP contribution in [-0.2, 0) is 22.4 Å². The molecule has 0 spiro atoms. The summed E-state index contributed by atoms with van der Waals surface area (Å²) in [5.41, 5.74) is 2.59. The Bertz CT molecular complexity index is 852. The van der Waals surface area contributed by atoms with E-state index in [1.807, 2.05) is 34.9 Å². The minimum Gasteiger partial charge on any atom is -0.345 e. The van der Waals surface area contributed by atoms with Crippen molar-refractivity contribution in [3.63, 3.8) is 0 Å². The lowest BCUT2D eigenvalue weighted by molar-refractivity contribution is -0.180. The van der Waals surface area contributed by atoms with Crippen molar-refractivity contribution in [2.75, 3.05) is 12.4 Å². The van der Waals surface area contributed by atoms with Gasteiger partial charge in [-0.05, 0) is 31.0 Å². The van der Waals surface area contributed by atoms with E-state index in [-0.39, 0.29) is 6.10 Å². The summed E-state index contributed by atoms with van der Waals surface area (Å²) < 4.78 is 14.8. The van der Waals surface area contributed by atoms with Crippen LogP contribution in [0.4, 0.5) is 0 Å². The Morgan fingerprint density at radius 3 is 2.71 bits per heavy atom. The van der Waals surface area contributed by atoms with Crippen molar-refractivity contribution < 1.29 is 9.47 Å². The number of rotatable bonds is 8. The maximum absolute atomic E-state index is 6.50. The Balaban J connectivity index is 1.40. The first-order valence-electron chi connectivity index (χ1n) is 9.72. The number of ether oxygens (including phenoxy) is 2. The Kier molecular flexibility index (Phi) is 6.15. The van der Waals surface area contributed by atoms with Crippen LogP contribution in [0, 0.1) is 6.92 Å². The van der Waals surface area contributed by atoms with E-state index >= 15 is 0 Å². The minimum absolute atomic E-state index is 0.0885. The molecular formula is C23H26N2O2S. The highest BCUT2D eigenvalue weighted by atomic mass is 32.2. The molecule has 0 amide bonds. The van der Waals surface area contributed by atoms with E-state index in [0.29, 0.717) is 13.2 Å². The summed E-state index contributed by atoms with van der Waals surface area (Å²) in [5, 5.41) is 0. The summed E-state index contributed by atoms with van der Waals surface area (Å²) in [7, 11) is 0. The third kappa shape index (κ3) is 5.04. The molecule has 1 aliphatic heterocycles. The van der Waals surface area contributed by atoms with Gasteiger partial charge >= 0.3 is 0 Å².